The van der Waals surface area contributed by atoms with Crippen molar-refractivity contribution in [2.24, 2.45) is 7.05 Å². The molecule has 0 atom stereocenters. The molecule has 4 rings (SSSR count). The Hall–Kier alpha value is -3.66. The second-order valence-electron chi connectivity index (χ2n) is 8.04. The van der Waals surface area contributed by atoms with Crippen molar-refractivity contribution in [1.29, 1.82) is 0 Å². The summed E-state index contributed by atoms with van der Waals surface area (Å²) in [6, 6.07) is 13.2. The predicted octanol–water partition coefficient (Wildman–Crippen LogP) is 4.13. The Morgan fingerprint density at radius 2 is 1.94 bits per heavy atom. The molecule has 0 amide bonds. The molecule has 0 aliphatic carbocycles. The highest BCUT2D eigenvalue weighted by Crippen LogP contribution is 2.30. The van der Waals surface area contributed by atoms with E-state index in [1.165, 1.54) is 0 Å². The summed E-state index contributed by atoms with van der Waals surface area (Å²) in [6.07, 6.45) is 1.67. The van der Waals surface area contributed by atoms with Gasteiger partial charge in [0.25, 0.3) is 0 Å². The van der Waals surface area contributed by atoms with Crippen molar-refractivity contribution >= 4 is 43.9 Å². The number of ether oxygens (including phenoxy) is 1. The van der Waals surface area contributed by atoms with Gasteiger partial charge in [-0.15, -0.1) is 0 Å². The molecular weight excluding hydrogens is 452 g/mol. The smallest absolute Gasteiger partial charge is 0.229 e. The highest BCUT2D eigenvalue weighted by atomic mass is 32.2. The molecular formula is C24H28N6O3S. The Labute approximate surface area is 199 Å². The summed E-state index contributed by atoms with van der Waals surface area (Å²) in [5.41, 5.74) is 4.23. The lowest BCUT2D eigenvalue weighted by Gasteiger charge is -2.19. The molecule has 0 aliphatic heterocycles. The van der Waals surface area contributed by atoms with Gasteiger partial charge in [-0.1, -0.05) is 13.0 Å². The van der Waals surface area contributed by atoms with E-state index in [9.17, 15) is 8.42 Å². The van der Waals surface area contributed by atoms with E-state index in [0.29, 0.717) is 28.8 Å². The summed E-state index contributed by atoms with van der Waals surface area (Å²) in [4.78, 5) is 10.9. The second-order valence-corrected chi connectivity index (χ2v) is 10.4. The summed E-state index contributed by atoms with van der Waals surface area (Å²) in [7, 11) is 2.26. The summed E-state index contributed by atoms with van der Waals surface area (Å²) in [5.74, 6) is 1.67. The zero-order chi connectivity index (χ0) is 24.5. The van der Waals surface area contributed by atoms with E-state index >= 15 is 0 Å². The Morgan fingerprint density at radius 3 is 2.68 bits per heavy atom. The van der Waals surface area contributed by atoms with E-state index in [1.807, 2.05) is 48.8 Å². The number of aromatic nitrogens is 4. The average molecular weight is 481 g/mol. The highest BCUT2D eigenvalue weighted by Gasteiger charge is 2.14. The fourth-order valence-electron chi connectivity index (χ4n) is 3.68. The number of nitrogens with one attached hydrogen (secondary N) is 1. The van der Waals surface area contributed by atoms with Crippen LogP contribution >= 0.6 is 0 Å². The van der Waals surface area contributed by atoms with Gasteiger partial charge >= 0.3 is 0 Å². The number of hydrogen-bond donors (Lipinski definition) is 1. The Morgan fingerprint density at radius 1 is 1.15 bits per heavy atom. The largest absolute Gasteiger partial charge is 0.495 e. The molecule has 0 radical (unpaired) electrons. The molecule has 0 bridgehead atoms. The highest BCUT2D eigenvalue weighted by molar-refractivity contribution is 7.90. The van der Waals surface area contributed by atoms with Crippen LogP contribution in [0.2, 0.25) is 0 Å². The number of methoxy groups -OCH3 is 1. The molecule has 178 valence electrons. The lowest BCUT2D eigenvalue weighted by Crippen LogP contribution is -2.12. The van der Waals surface area contributed by atoms with Gasteiger partial charge in [-0.2, -0.15) is 10.1 Å². The summed E-state index contributed by atoms with van der Waals surface area (Å²) in [5, 5.41) is 8.85. The number of anilines is 4. The lowest BCUT2D eigenvalue weighted by molar-refractivity contribution is 0.416. The molecule has 0 saturated carbocycles. The van der Waals surface area contributed by atoms with Crippen LogP contribution in [0.4, 0.5) is 23.1 Å². The number of sulfone groups is 1. The standard InChI is InChI=1S/C24H28N6O3S/c1-6-34(31,32)15-17-7-10-22(33-5)21(13-17)26-24-25-12-11-23(27-24)29(3)18-8-9-19-16(2)30(4)28-20(19)14-18/h7-14H,6,15H2,1-5H3,(H,25,26,27). The Balaban J connectivity index is 1.61. The minimum Gasteiger partial charge on any atom is -0.495 e. The van der Waals surface area contributed by atoms with Gasteiger partial charge in [-0.05, 0) is 48.9 Å². The minimum atomic E-state index is -3.16. The van der Waals surface area contributed by atoms with E-state index in [1.54, 1.807) is 38.4 Å². The van der Waals surface area contributed by atoms with Crippen molar-refractivity contribution in [2.45, 2.75) is 19.6 Å². The number of hydrogen-bond acceptors (Lipinski definition) is 8. The summed E-state index contributed by atoms with van der Waals surface area (Å²) in [6.45, 7) is 3.68. The summed E-state index contributed by atoms with van der Waals surface area (Å²) < 4.78 is 31.4. The maximum absolute atomic E-state index is 12.1. The van der Waals surface area contributed by atoms with Gasteiger partial charge in [0.2, 0.25) is 5.95 Å². The predicted molar refractivity (Wildman–Crippen MR) is 135 cm³/mol. The molecule has 2 aromatic heterocycles. The molecule has 1 N–H and O–H groups in total. The monoisotopic (exact) mass is 480 g/mol. The third kappa shape index (κ3) is 4.81. The van der Waals surface area contributed by atoms with E-state index in [0.717, 1.165) is 22.3 Å². The quantitative estimate of drug-likeness (QED) is 0.402. The van der Waals surface area contributed by atoms with Gasteiger partial charge in [0.15, 0.2) is 9.84 Å². The van der Waals surface area contributed by atoms with Crippen LogP contribution in [0.5, 0.6) is 5.75 Å². The number of benzene rings is 2. The summed E-state index contributed by atoms with van der Waals surface area (Å²) >= 11 is 0. The number of rotatable bonds is 8. The molecule has 2 aromatic carbocycles. The van der Waals surface area contributed by atoms with Crippen LogP contribution in [0.25, 0.3) is 10.9 Å². The van der Waals surface area contributed by atoms with Gasteiger partial charge in [0.1, 0.15) is 11.6 Å². The first kappa shape index (κ1) is 23.5. The van der Waals surface area contributed by atoms with Crippen molar-refractivity contribution in [3.05, 3.63) is 59.9 Å². The fraction of sp³-hybridized carbons (Fsp3) is 0.292. The first-order valence-corrected chi connectivity index (χ1v) is 12.7. The SMILES string of the molecule is CCS(=O)(=O)Cc1ccc(OC)c(Nc2nccc(N(C)c3ccc4c(C)n(C)nc4c3)n2)c1. The molecule has 0 aliphatic rings. The van der Waals surface area contributed by atoms with E-state index in [2.05, 4.69) is 26.4 Å². The molecule has 10 heteroatoms. The van der Waals surface area contributed by atoms with Crippen LogP contribution < -0.4 is 15.0 Å². The molecule has 0 unspecified atom stereocenters. The van der Waals surface area contributed by atoms with Crippen LogP contribution in [0, 0.1) is 6.92 Å². The molecule has 0 spiro atoms. The van der Waals surface area contributed by atoms with E-state index in [4.69, 9.17) is 4.74 Å². The second kappa shape index (κ2) is 9.30. The van der Waals surface area contributed by atoms with Crippen molar-refractivity contribution in [2.75, 3.05) is 30.1 Å². The molecule has 0 saturated heterocycles. The normalized spacial score (nSPS) is 11.6. The van der Waals surface area contributed by atoms with Crippen LogP contribution in [0.1, 0.15) is 18.2 Å². The first-order chi connectivity index (χ1) is 16.2. The molecule has 0 fully saturated rings. The minimum absolute atomic E-state index is 0.0404. The van der Waals surface area contributed by atoms with E-state index in [-0.39, 0.29) is 11.5 Å². The van der Waals surface area contributed by atoms with Crippen molar-refractivity contribution < 1.29 is 13.2 Å². The van der Waals surface area contributed by atoms with Gasteiger partial charge in [0.05, 0.1) is 24.1 Å². The zero-order valence-electron chi connectivity index (χ0n) is 19.9. The average Bonchev–Trinajstić information content (AvgIpc) is 3.11. The lowest BCUT2D eigenvalue weighted by atomic mass is 10.2. The Kier molecular flexibility index (Phi) is 6.43. The maximum atomic E-state index is 12.1. The van der Waals surface area contributed by atoms with Crippen LogP contribution in [0.15, 0.2) is 48.7 Å². The van der Waals surface area contributed by atoms with Crippen LogP contribution in [0.3, 0.4) is 0 Å². The third-order valence-corrected chi connectivity index (χ3v) is 7.48. The number of aryl methyl sites for hydroxylation is 2. The van der Waals surface area contributed by atoms with Gasteiger partial charge in [-0.3, -0.25) is 4.68 Å². The maximum Gasteiger partial charge on any atom is 0.229 e. The molecule has 34 heavy (non-hydrogen) atoms. The number of fused-ring (bicyclic) bond motifs is 1. The van der Waals surface area contributed by atoms with Crippen molar-refractivity contribution in [3.8, 4) is 5.75 Å². The van der Waals surface area contributed by atoms with Gasteiger partial charge < -0.3 is 15.0 Å². The van der Waals surface area contributed by atoms with Gasteiger partial charge in [-0.25, -0.2) is 13.4 Å². The Bertz CT molecular complexity index is 1450. The fourth-order valence-corrected chi connectivity index (χ4v) is 4.57. The van der Waals surface area contributed by atoms with Crippen molar-refractivity contribution in [1.82, 2.24) is 19.7 Å². The van der Waals surface area contributed by atoms with Crippen LogP contribution in [-0.2, 0) is 22.6 Å². The molecule has 4 aromatic rings. The molecule has 2 heterocycles. The van der Waals surface area contributed by atoms with Crippen molar-refractivity contribution in [3.63, 3.8) is 0 Å². The zero-order valence-corrected chi connectivity index (χ0v) is 20.7. The van der Waals surface area contributed by atoms with E-state index < -0.39 is 9.84 Å². The van der Waals surface area contributed by atoms with Crippen LogP contribution in [-0.4, -0.2) is 48.1 Å². The third-order valence-electron chi connectivity index (χ3n) is 5.82. The number of nitrogens with zero attached hydrogens (tertiary/aromatic N) is 5. The molecule has 9 nitrogen and oxygen atoms in total. The van der Waals surface area contributed by atoms with Gasteiger partial charge in [0, 0.05) is 42.8 Å². The topological polar surface area (TPSA) is 102 Å². The first-order valence-electron chi connectivity index (χ1n) is 10.8.